The molecule has 1 aromatic heterocycles. The quantitative estimate of drug-likeness (QED) is 0.780. The van der Waals surface area contributed by atoms with Crippen molar-refractivity contribution >= 4 is 10.9 Å². The summed E-state index contributed by atoms with van der Waals surface area (Å²) in [6.45, 7) is 0.558. The molecule has 2 aromatic rings. The number of hydrogen-bond acceptors (Lipinski definition) is 3. The van der Waals surface area contributed by atoms with Crippen LogP contribution in [0.4, 0.5) is 0 Å². The number of pyridine rings is 1. The summed E-state index contributed by atoms with van der Waals surface area (Å²) in [6, 6.07) is 9.82. The largest absolute Gasteiger partial charge is 0.481 e. The Balaban J connectivity index is 2.57. The second-order valence-corrected chi connectivity index (χ2v) is 3.08. The fourth-order valence-corrected chi connectivity index (χ4v) is 1.40. The average Bonchev–Trinajstić information content (AvgIpc) is 2.27. The summed E-state index contributed by atoms with van der Waals surface area (Å²) < 4.78 is 5.04. The smallest absolute Gasteiger partial charge is 0.213 e. The molecular weight excluding hydrogens is 176 g/mol. The van der Waals surface area contributed by atoms with Gasteiger partial charge in [0.2, 0.25) is 5.88 Å². The molecule has 0 radical (unpaired) electrons. The molecule has 0 atom stereocenters. The summed E-state index contributed by atoms with van der Waals surface area (Å²) in [5, 5.41) is 1.09. The molecule has 0 aliphatic heterocycles. The molecule has 0 unspecified atom stereocenters. The molecule has 3 nitrogen and oxygen atoms in total. The van der Waals surface area contributed by atoms with Crippen LogP contribution in [0.15, 0.2) is 30.3 Å². The van der Waals surface area contributed by atoms with Crippen LogP contribution in [0.5, 0.6) is 5.88 Å². The van der Waals surface area contributed by atoms with Crippen LogP contribution in [0.2, 0.25) is 0 Å². The minimum absolute atomic E-state index is 0.558. The van der Waals surface area contributed by atoms with Crippen molar-refractivity contribution < 1.29 is 4.74 Å². The second kappa shape index (κ2) is 3.64. The van der Waals surface area contributed by atoms with E-state index < -0.39 is 0 Å². The maximum Gasteiger partial charge on any atom is 0.213 e. The number of fused-ring (bicyclic) bond motifs is 1. The molecule has 2 N–H and O–H groups in total. The highest BCUT2D eigenvalue weighted by atomic mass is 16.5. The number of nitrogens with two attached hydrogens (primary N) is 1. The number of aromatic nitrogens is 1. The first kappa shape index (κ1) is 8.97. The number of methoxy groups -OCH3 is 1. The Morgan fingerprint density at radius 3 is 2.86 bits per heavy atom. The van der Waals surface area contributed by atoms with Crippen molar-refractivity contribution in [2.45, 2.75) is 6.54 Å². The van der Waals surface area contributed by atoms with Gasteiger partial charge in [-0.15, -0.1) is 0 Å². The van der Waals surface area contributed by atoms with Gasteiger partial charge in [0.05, 0.1) is 12.6 Å². The van der Waals surface area contributed by atoms with Crippen LogP contribution in [-0.4, -0.2) is 12.1 Å². The molecule has 0 bridgehead atoms. The summed E-state index contributed by atoms with van der Waals surface area (Å²) in [5.74, 6) is 0.637. The highest BCUT2D eigenvalue weighted by Crippen LogP contribution is 2.17. The summed E-state index contributed by atoms with van der Waals surface area (Å²) in [7, 11) is 1.61. The lowest BCUT2D eigenvalue weighted by Gasteiger charge is -2.02. The molecule has 14 heavy (non-hydrogen) atoms. The Labute approximate surface area is 82.5 Å². The lowest BCUT2D eigenvalue weighted by atomic mass is 10.1. The molecule has 0 aliphatic rings. The molecule has 0 saturated heterocycles. The van der Waals surface area contributed by atoms with Crippen molar-refractivity contribution in [1.29, 1.82) is 0 Å². The lowest BCUT2D eigenvalue weighted by Crippen LogP contribution is -1.96. The van der Waals surface area contributed by atoms with Crippen molar-refractivity contribution in [3.63, 3.8) is 0 Å². The zero-order chi connectivity index (χ0) is 9.97. The van der Waals surface area contributed by atoms with Crippen molar-refractivity contribution in [1.82, 2.24) is 4.98 Å². The van der Waals surface area contributed by atoms with E-state index in [1.165, 1.54) is 0 Å². The average molecular weight is 188 g/mol. The summed E-state index contributed by atoms with van der Waals surface area (Å²) in [5.41, 5.74) is 7.60. The first-order valence-electron chi connectivity index (χ1n) is 4.47. The van der Waals surface area contributed by atoms with Gasteiger partial charge in [-0.3, -0.25) is 0 Å². The van der Waals surface area contributed by atoms with Gasteiger partial charge >= 0.3 is 0 Å². The molecule has 0 amide bonds. The third-order valence-corrected chi connectivity index (χ3v) is 2.17. The van der Waals surface area contributed by atoms with Crippen LogP contribution in [0.3, 0.4) is 0 Å². The highest BCUT2D eigenvalue weighted by Gasteiger charge is 1.98. The van der Waals surface area contributed by atoms with E-state index in [9.17, 15) is 0 Å². The van der Waals surface area contributed by atoms with Gasteiger partial charge in [-0.25, -0.2) is 4.98 Å². The third kappa shape index (κ3) is 1.54. The van der Waals surface area contributed by atoms with Gasteiger partial charge in [-0.1, -0.05) is 6.07 Å². The molecule has 0 fully saturated rings. The van der Waals surface area contributed by atoms with Crippen LogP contribution in [0.25, 0.3) is 10.9 Å². The maximum absolute atomic E-state index is 5.55. The zero-order valence-corrected chi connectivity index (χ0v) is 8.03. The van der Waals surface area contributed by atoms with Gasteiger partial charge in [0.15, 0.2) is 0 Å². The van der Waals surface area contributed by atoms with Gasteiger partial charge in [0.25, 0.3) is 0 Å². The predicted octanol–water partition coefficient (Wildman–Crippen LogP) is 1.70. The van der Waals surface area contributed by atoms with Crippen LogP contribution >= 0.6 is 0 Å². The minimum atomic E-state index is 0.558. The van der Waals surface area contributed by atoms with E-state index in [1.807, 2.05) is 30.3 Å². The molecule has 0 saturated carbocycles. The van der Waals surface area contributed by atoms with Crippen LogP contribution in [0.1, 0.15) is 5.56 Å². The Morgan fingerprint density at radius 1 is 1.29 bits per heavy atom. The molecule has 2 rings (SSSR count). The van der Waals surface area contributed by atoms with Crippen LogP contribution in [-0.2, 0) is 6.54 Å². The number of benzene rings is 1. The third-order valence-electron chi connectivity index (χ3n) is 2.17. The first-order valence-corrected chi connectivity index (χ1v) is 4.47. The van der Waals surface area contributed by atoms with Gasteiger partial charge in [-0.05, 0) is 23.8 Å². The molecule has 72 valence electrons. The molecule has 3 heteroatoms. The first-order chi connectivity index (χ1) is 6.83. The van der Waals surface area contributed by atoms with Crippen molar-refractivity contribution in [3.8, 4) is 5.88 Å². The van der Waals surface area contributed by atoms with E-state index in [0.717, 1.165) is 16.5 Å². The minimum Gasteiger partial charge on any atom is -0.481 e. The topological polar surface area (TPSA) is 48.1 Å². The SMILES string of the molecule is COc1ccc2cc(CN)ccc2n1. The van der Waals surface area contributed by atoms with Crippen LogP contribution < -0.4 is 10.5 Å². The van der Waals surface area contributed by atoms with Crippen LogP contribution in [0, 0.1) is 0 Å². The Morgan fingerprint density at radius 2 is 2.14 bits per heavy atom. The van der Waals surface area contributed by atoms with E-state index in [0.29, 0.717) is 12.4 Å². The molecular formula is C11H12N2O. The fourth-order valence-electron chi connectivity index (χ4n) is 1.40. The van der Waals surface area contributed by atoms with E-state index in [2.05, 4.69) is 4.98 Å². The molecule has 1 aromatic carbocycles. The number of rotatable bonds is 2. The van der Waals surface area contributed by atoms with Gasteiger partial charge < -0.3 is 10.5 Å². The molecule has 0 aliphatic carbocycles. The Hall–Kier alpha value is -1.61. The lowest BCUT2D eigenvalue weighted by molar-refractivity contribution is 0.399. The fraction of sp³-hybridized carbons (Fsp3) is 0.182. The van der Waals surface area contributed by atoms with Gasteiger partial charge in [0, 0.05) is 18.0 Å². The van der Waals surface area contributed by atoms with E-state index in [1.54, 1.807) is 7.11 Å². The van der Waals surface area contributed by atoms with Gasteiger partial charge in [-0.2, -0.15) is 0 Å². The standard InChI is InChI=1S/C11H12N2O/c1-14-11-5-3-9-6-8(7-12)2-4-10(9)13-11/h2-6H,7,12H2,1H3. The number of ether oxygens (including phenoxy) is 1. The zero-order valence-electron chi connectivity index (χ0n) is 8.03. The van der Waals surface area contributed by atoms with E-state index in [-0.39, 0.29) is 0 Å². The van der Waals surface area contributed by atoms with Crippen molar-refractivity contribution in [2.75, 3.05) is 7.11 Å². The number of hydrogen-bond donors (Lipinski definition) is 1. The number of nitrogens with zero attached hydrogens (tertiary/aromatic N) is 1. The Kier molecular flexibility index (Phi) is 2.33. The predicted molar refractivity (Wildman–Crippen MR) is 56.2 cm³/mol. The molecule has 0 spiro atoms. The highest BCUT2D eigenvalue weighted by molar-refractivity contribution is 5.79. The van der Waals surface area contributed by atoms with Crippen molar-refractivity contribution in [3.05, 3.63) is 35.9 Å². The second-order valence-electron chi connectivity index (χ2n) is 3.08. The summed E-state index contributed by atoms with van der Waals surface area (Å²) in [6.07, 6.45) is 0. The summed E-state index contributed by atoms with van der Waals surface area (Å²) in [4.78, 5) is 4.31. The molecule has 1 heterocycles. The monoisotopic (exact) mass is 188 g/mol. The van der Waals surface area contributed by atoms with E-state index >= 15 is 0 Å². The normalized spacial score (nSPS) is 10.4. The summed E-state index contributed by atoms with van der Waals surface area (Å²) >= 11 is 0. The maximum atomic E-state index is 5.55. The van der Waals surface area contributed by atoms with Gasteiger partial charge in [0.1, 0.15) is 0 Å². The van der Waals surface area contributed by atoms with E-state index in [4.69, 9.17) is 10.5 Å². The Bertz CT molecular complexity index is 411. The van der Waals surface area contributed by atoms with Crippen molar-refractivity contribution in [2.24, 2.45) is 5.73 Å².